The number of ether oxygens (including phenoxy) is 8. The Morgan fingerprint density at radius 3 is 1.08 bits per heavy atom. The van der Waals surface area contributed by atoms with E-state index in [1.807, 2.05) is 12.1 Å². The summed E-state index contributed by atoms with van der Waals surface area (Å²) in [6, 6.07) is 47.0. The number of Topliss-reactive ketones (excluding diaryl/α,β-unsaturated/α-hetero) is 1. The molecular weight excluding hydrogens is 1940 g/mol. The number of benzene rings is 9. The summed E-state index contributed by atoms with van der Waals surface area (Å²) in [6.07, 6.45) is -28.5. The fourth-order valence-corrected chi connectivity index (χ4v) is 18.6. The van der Waals surface area contributed by atoms with E-state index in [1.165, 1.54) is 54.6 Å². The quantitative estimate of drug-likeness (QED) is 0.0110. The van der Waals surface area contributed by atoms with E-state index in [1.54, 1.807) is 109 Å². The van der Waals surface area contributed by atoms with Gasteiger partial charge < -0.3 is 56.1 Å². The number of rotatable bonds is 28. The van der Waals surface area contributed by atoms with E-state index >= 15 is 0 Å². The Morgan fingerprint density at radius 2 is 0.705 bits per heavy atom. The Balaban J connectivity index is 0.000000178. The Kier molecular flexibility index (Phi) is 33.1. The highest BCUT2D eigenvalue weighted by atomic mass is 32.2. The molecule has 0 aromatic heterocycles. The van der Waals surface area contributed by atoms with Crippen LogP contribution in [-0.4, -0.2) is 209 Å². The van der Waals surface area contributed by atoms with Gasteiger partial charge >= 0.3 is 72.5 Å². The molecule has 49 heteroatoms. The van der Waals surface area contributed by atoms with Crippen LogP contribution in [0.4, 0.5) is 52.7 Å². The number of halogens is 12. The molecule has 7 atom stereocenters. The molecule has 0 saturated heterocycles. The van der Waals surface area contributed by atoms with Gasteiger partial charge in [-0.15, -0.1) is 0 Å². The molecule has 6 aliphatic carbocycles. The van der Waals surface area contributed by atoms with Gasteiger partial charge in [-0.1, -0.05) is 193 Å². The first-order valence-corrected chi connectivity index (χ1v) is 47.2. The Labute approximate surface area is 788 Å². The van der Waals surface area contributed by atoms with Gasteiger partial charge in [0, 0.05) is 11.8 Å². The summed E-state index contributed by atoms with van der Waals surface area (Å²) < 4.78 is 327. The van der Waals surface area contributed by atoms with Crippen LogP contribution >= 0.6 is 0 Å². The highest BCUT2D eigenvalue weighted by Gasteiger charge is 2.60. The average molecular weight is 2010 g/mol. The first-order chi connectivity index (χ1) is 64.9. The van der Waals surface area contributed by atoms with Gasteiger partial charge in [0.2, 0.25) is 24.4 Å². The van der Waals surface area contributed by atoms with Crippen LogP contribution in [0, 0.1) is 23.2 Å². The van der Waals surface area contributed by atoms with Crippen LogP contribution < -0.4 is 18.9 Å². The van der Waals surface area contributed by atoms with Crippen molar-refractivity contribution in [2.75, 3.05) is 23.0 Å². The molecule has 0 spiro atoms. The van der Waals surface area contributed by atoms with Crippen molar-refractivity contribution < 1.29 is 186 Å². The molecule has 6 aliphatic rings. The van der Waals surface area contributed by atoms with E-state index in [2.05, 4.69) is 18.9 Å². The third-order valence-electron chi connectivity index (χ3n) is 22.3. The van der Waals surface area contributed by atoms with Crippen molar-refractivity contribution in [2.24, 2.45) is 23.2 Å². The molecule has 9 aromatic carbocycles. The standard InChI is InChI=1S/C25H18BF3O7S.C22H22BF3O8S.C22H16BF3O7S.C21H16BF3O7S/c26-12-14-9-10-19(23(30)36-21(25(27,28)29)13-37(32,33)34)20(11-14)35-24(31)22-17-7-3-1-5-15(17)16-6-2-4-8-18(16)22;23-9-11-1-2-15(19(28)34-17(22(24,25)26)10-35(30,31)32)16(5-11)33-20(29)21-6-12-3-13(7-21)18(27)14(4-12)8-21;23-11-13-8-9-17(21(28)33-19(22(24,25)26)12-34(29,30)31)18(10-13)32-20(27)16-7-3-5-14-4-1-2-6-15(14)16;22-10-12-5-7-16(20(27)32-18(21(23,24)25)11-33(28,29)30)17(9-12)31-19(26)15-8-6-13-3-1-2-4-14(13)15/h1-11,21-22H,12-13H2,(H,32,33,34);1-2,5,12-14,17H,3-4,6-10H2,(H,30,31,32);1-10,19H,11-12H2,(H,29,30,31);1-9,15,18H,10-11H2,(H,28,29,30)/p-4. The summed E-state index contributed by atoms with van der Waals surface area (Å²) in [5.41, 5.74) is 2.77. The predicted octanol–water partition coefficient (Wildman–Crippen LogP) is 12.1. The Hall–Kier alpha value is -12.5. The maximum absolute atomic E-state index is 13.4. The zero-order chi connectivity index (χ0) is 102. The largest absolute Gasteiger partial charge is 0.748 e. The minimum atomic E-state index is -5.39. The molecule has 8 radical (unpaired) electrons. The topological polar surface area (TPSA) is 456 Å². The van der Waals surface area contributed by atoms with Crippen molar-refractivity contribution >= 4 is 142 Å². The van der Waals surface area contributed by atoms with Gasteiger partial charge in [-0.3, -0.25) is 19.2 Å². The second-order valence-electron chi connectivity index (χ2n) is 32.0. The number of esters is 8. The molecule has 7 unspecified atom stereocenters. The highest BCUT2D eigenvalue weighted by molar-refractivity contribution is 7.86. The summed E-state index contributed by atoms with van der Waals surface area (Å²) in [5, 5.41) is 1.26. The van der Waals surface area contributed by atoms with Crippen molar-refractivity contribution in [3.63, 3.8) is 0 Å². The van der Waals surface area contributed by atoms with Gasteiger partial charge in [0.1, 0.15) is 62.9 Å². The summed E-state index contributed by atoms with van der Waals surface area (Å²) in [5.74, 6) is -21.3. The van der Waals surface area contributed by atoms with Crippen molar-refractivity contribution in [3.8, 4) is 34.1 Å². The highest BCUT2D eigenvalue weighted by Crippen LogP contribution is 2.59. The molecule has 0 heterocycles. The predicted molar refractivity (Wildman–Crippen MR) is 462 cm³/mol. The van der Waals surface area contributed by atoms with Crippen LogP contribution in [0.3, 0.4) is 0 Å². The molecule has 726 valence electrons. The second-order valence-corrected chi connectivity index (χ2v) is 37.8. The van der Waals surface area contributed by atoms with Crippen LogP contribution in [0.2, 0.25) is 0 Å². The SMILES string of the molecule is [B]Cc1ccc(C(=O)OC(CS(=O)(=O)[O-])C(F)(F)F)c(OC(=O)C23CC4CC(C2)C(=O)C(C4)C3)c1.[B]Cc1ccc(C(=O)OC(CS(=O)(=O)[O-])C(F)(F)F)c(OC(=O)C2C=Cc3ccccc32)c1.[B]Cc1ccc(C(=O)OC(CS(=O)(=O)[O-])C(F)(F)F)c(OC(=O)C2c3ccccc3-c3ccccc32)c1.[B]Cc1ccc(C(=O)OC(CS(=O)(=O)[O-])C(F)(F)F)c(OC(=O)c2cccc3ccccc23)c1. The third kappa shape index (κ3) is 27.6. The molecule has 0 amide bonds. The Morgan fingerprint density at radius 1 is 0.374 bits per heavy atom. The lowest BCUT2D eigenvalue weighted by atomic mass is 9.49. The maximum atomic E-state index is 13.4. The molecule has 4 fully saturated rings. The average Bonchev–Trinajstić information content (AvgIpc) is 1.50. The molecular formula is C90H68B4F12O29S4-4. The van der Waals surface area contributed by atoms with Gasteiger partial charge in [-0.05, 0) is 137 Å². The molecule has 29 nitrogen and oxygen atoms in total. The van der Waals surface area contributed by atoms with Crippen LogP contribution in [0.1, 0.15) is 140 Å². The van der Waals surface area contributed by atoms with Crippen molar-refractivity contribution in [2.45, 2.75) is 118 Å². The molecule has 4 bridgehead atoms. The van der Waals surface area contributed by atoms with E-state index in [4.69, 9.17) is 50.3 Å². The van der Waals surface area contributed by atoms with Crippen molar-refractivity contribution in [1.82, 2.24) is 0 Å². The van der Waals surface area contributed by atoms with Crippen molar-refractivity contribution in [1.29, 1.82) is 0 Å². The summed E-state index contributed by atoms with van der Waals surface area (Å²) >= 11 is 0. The number of carbonyl (C=O) groups is 9. The lowest BCUT2D eigenvalue weighted by Crippen LogP contribution is -2.55. The fourth-order valence-electron chi connectivity index (χ4n) is 16.0. The second kappa shape index (κ2) is 43.1. The van der Waals surface area contributed by atoms with Gasteiger partial charge in [-0.2, -0.15) is 52.7 Å². The van der Waals surface area contributed by atoms with Gasteiger partial charge in [0.05, 0.1) is 106 Å². The minimum Gasteiger partial charge on any atom is -0.748 e. The van der Waals surface area contributed by atoms with E-state index < -0.39 is 223 Å². The number of hydrogen-bond acceptors (Lipinski definition) is 29. The molecule has 15 rings (SSSR count). The lowest BCUT2D eigenvalue weighted by molar-refractivity contribution is -0.197. The van der Waals surface area contributed by atoms with E-state index in [-0.39, 0.29) is 54.4 Å². The first-order valence-electron chi connectivity index (χ1n) is 40.9. The van der Waals surface area contributed by atoms with Gasteiger partial charge in [0.25, 0.3) is 0 Å². The number of alkyl halides is 12. The smallest absolute Gasteiger partial charge is 0.426 e. The van der Waals surface area contributed by atoms with Gasteiger partial charge in [-0.25, -0.2) is 57.6 Å². The van der Waals surface area contributed by atoms with Gasteiger partial charge in [0.15, 0.2) is 0 Å². The molecule has 9 aromatic rings. The van der Waals surface area contributed by atoms with Crippen LogP contribution in [0.5, 0.6) is 23.0 Å². The van der Waals surface area contributed by atoms with E-state index in [9.17, 15) is 148 Å². The van der Waals surface area contributed by atoms with Crippen LogP contribution in [0.15, 0.2) is 194 Å². The molecule has 0 aliphatic heterocycles. The number of ketones is 1. The summed E-state index contributed by atoms with van der Waals surface area (Å²) in [7, 11) is 0.814. The maximum Gasteiger partial charge on any atom is 0.426 e. The van der Waals surface area contributed by atoms with E-state index in [0.717, 1.165) is 46.3 Å². The van der Waals surface area contributed by atoms with Crippen LogP contribution in [0.25, 0.3) is 28.0 Å². The summed E-state index contributed by atoms with van der Waals surface area (Å²) in [6.45, 7) is 0. The van der Waals surface area contributed by atoms with Crippen molar-refractivity contribution in [3.05, 3.63) is 266 Å². The Bertz CT molecular complexity index is 6710. The molecule has 139 heavy (non-hydrogen) atoms. The van der Waals surface area contributed by atoms with E-state index in [0.29, 0.717) is 76.4 Å². The molecule has 4 saturated carbocycles. The monoisotopic (exact) mass is 2010 g/mol. The van der Waals surface area contributed by atoms with Crippen LogP contribution in [-0.2, 0) is 104 Å². The molecule has 0 N–H and O–H groups in total. The fraction of sp³-hybridized carbons (Fsp3) is 0.300. The number of fused-ring (bicyclic) bond motifs is 5. The minimum absolute atomic E-state index is 0.0361. The summed E-state index contributed by atoms with van der Waals surface area (Å²) in [4.78, 5) is 115. The normalized spacial score (nSPS) is 17.9. The zero-order valence-electron chi connectivity index (χ0n) is 71.3. The number of hydrogen-bond donors (Lipinski definition) is 0. The lowest BCUT2D eigenvalue weighted by Gasteiger charge is -2.53. The first kappa shape index (κ1) is 107. The number of carbonyl (C=O) groups excluding carboxylic acids is 9. The zero-order valence-corrected chi connectivity index (χ0v) is 74.5. The third-order valence-corrected chi connectivity index (χ3v) is 25.1.